The molecule has 0 radical (unpaired) electrons. The third-order valence-corrected chi connectivity index (χ3v) is 7.22. The molecule has 3 rings (SSSR count). The van der Waals surface area contributed by atoms with Crippen molar-refractivity contribution in [1.29, 1.82) is 0 Å². The molecular weight excluding hydrogens is 501 g/mol. The van der Waals surface area contributed by atoms with Crippen LogP contribution < -0.4 is 20.7 Å². The highest BCUT2D eigenvalue weighted by atomic mass is 32.2. The molecule has 2 atom stereocenters. The Labute approximate surface area is 207 Å². The van der Waals surface area contributed by atoms with E-state index in [1.807, 2.05) is 0 Å². The number of nitrogens with one attached hydrogen (secondary N) is 3. The van der Waals surface area contributed by atoms with E-state index >= 15 is 0 Å². The minimum Gasteiger partial charge on any atom is -0.494 e. The number of aromatic nitrogens is 2. The fourth-order valence-corrected chi connectivity index (χ4v) is 4.83. The molecule has 10 nitrogen and oxygen atoms in total. The van der Waals surface area contributed by atoms with Crippen molar-refractivity contribution in [1.82, 2.24) is 14.3 Å². The van der Waals surface area contributed by atoms with Gasteiger partial charge in [-0.2, -0.15) is 18.2 Å². The lowest BCUT2D eigenvalue weighted by Gasteiger charge is -2.37. The lowest BCUT2D eigenvalue weighted by Crippen LogP contribution is -2.49. The monoisotopic (exact) mass is 530 g/mol. The molecule has 1 aromatic carbocycles. The van der Waals surface area contributed by atoms with E-state index in [2.05, 4.69) is 25.9 Å². The van der Waals surface area contributed by atoms with Gasteiger partial charge in [0.25, 0.3) is 0 Å². The maximum atomic E-state index is 13.8. The van der Waals surface area contributed by atoms with E-state index in [0.29, 0.717) is 36.2 Å². The molecule has 1 heterocycles. The quantitative estimate of drug-likeness (QED) is 0.470. The Kier molecular flexibility index (Phi) is 8.29. The first-order valence-corrected chi connectivity index (χ1v) is 13.0. The van der Waals surface area contributed by atoms with E-state index in [4.69, 9.17) is 4.74 Å². The number of rotatable bonds is 8. The summed E-state index contributed by atoms with van der Waals surface area (Å²) >= 11 is 0. The largest absolute Gasteiger partial charge is 0.494 e. The molecule has 0 aliphatic heterocycles. The number of carbonyl (C=O) groups excluding carboxylic acids is 1. The topological polar surface area (TPSA) is 126 Å². The Hall–Kier alpha value is -3.13. The Bertz CT molecular complexity index is 1210. The van der Waals surface area contributed by atoms with Crippen molar-refractivity contribution >= 4 is 39.1 Å². The molecule has 0 spiro atoms. The van der Waals surface area contributed by atoms with E-state index in [9.17, 15) is 26.4 Å². The van der Waals surface area contributed by atoms with Gasteiger partial charge >= 0.3 is 6.18 Å². The van der Waals surface area contributed by atoms with Crippen LogP contribution in [0.4, 0.5) is 36.3 Å². The predicted molar refractivity (Wildman–Crippen MR) is 130 cm³/mol. The summed E-state index contributed by atoms with van der Waals surface area (Å²) in [5.74, 6) is -0.517. The average molecular weight is 531 g/mol. The summed E-state index contributed by atoms with van der Waals surface area (Å²) in [6.45, 7) is 1.35. The van der Waals surface area contributed by atoms with Crippen molar-refractivity contribution < 1.29 is 31.1 Å². The highest BCUT2D eigenvalue weighted by molar-refractivity contribution is 7.88. The van der Waals surface area contributed by atoms with E-state index in [-0.39, 0.29) is 11.9 Å². The van der Waals surface area contributed by atoms with Gasteiger partial charge in [-0.1, -0.05) is 12.8 Å². The van der Waals surface area contributed by atoms with Gasteiger partial charge in [0.15, 0.2) is 0 Å². The fraction of sp³-hybridized carbons (Fsp3) is 0.500. The molecule has 3 N–H and O–H groups in total. The molecule has 1 aliphatic carbocycles. The molecule has 14 heteroatoms. The van der Waals surface area contributed by atoms with E-state index in [1.165, 1.54) is 31.5 Å². The van der Waals surface area contributed by atoms with Gasteiger partial charge in [-0.05, 0) is 25.0 Å². The number of anilines is 4. The normalized spacial score (nSPS) is 18.6. The molecule has 1 amide bonds. The summed E-state index contributed by atoms with van der Waals surface area (Å²) in [5.41, 5.74) is -0.221. The number of sulfonamides is 1. The Morgan fingerprint density at radius 1 is 1.22 bits per heavy atom. The van der Waals surface area contributed by atoms with Gasteiger partial charge in [-0.15, -0.1) is 0 Å². The zero-order chi connectivity index (χ0) is 26.7. The van der Waals surface area contributed by atoms with Gasteiger partial charge < -0.3 is 20.7 Å². The Balaban J connectivity index is 1.92. The van der Waals surface area contributed by atoms with Crippen LogP contribution in [0.5, 0.6) is 5.75 Å². The minimum atomic E-state index is -4.73. The van der Waals surface area contributed by atoms with Crippen LogP contribution in [0.3, 0.4) is 0 Å². The van der Waals surface area contributed by atoms with Crippen LogP contribution in [0.2, 0.25) is 0 Å². The highest BCUT2D eigenvalue weighted by Gasteiger charge is 2.38. The number of hydrogen-bond acceptors (Lipinski definition) is 8. The van der Waals surface area contributed by atoms with Gasteiger partial charge in [0.1, 0.15) is 17.1 Å². The number of nitrogens with zero attached hydrogens (tertiary/aromatic N) is 3. The van der Waals surface area contributed by atoms with Crippen molar-refractivity contribution in [2.24, 2.45) is 0 Å². The number of halogens is 3. The van der Waals surface area contributed by atoms with Crippen LogP contribution in [0.25, 0.3) is 0 Å². The number of alkyl halides is 3. The van der Waals surface area contributed by atoms with E-state index in [0.717, 1.165) is 19.1 Å². The number of amides is 1. The average Bonchev–Trinajstić information content (AvgIpc) is 2.78. The van der Waals surface area contributed by atoms with Gasteiger partial charge in [0.05, 0.1) is 19.1 Å². The van der Waals surface area contributed by atoms with Crippen LogP contribution in [0.15, 0.2) is 24.4 Å². The second-order valence-corrected chi connectivity index (χ2v) is 10.6. The summed E-state index contributed by atoms with van der Waals surface area (Å²) in [7, 11) is -0.707. The van der Waals surface area contributed by atoms with Crippen molar-refractivity contribution in [3.05, 3.63) is 30.0 Å². The lowest BCUT2D eigenvalue weighted by molar-refractivity contribution is -0.137. The molecule has 0 unspecified atom stereocenters. The highest BCUT2D eigenvalue weighted by Crippen LogP contribution is 2.36. The first-order chi connectivity index (χ1) is 16.8. The van der Waals surface area contributed by atoms with Gasteiger partial charge in [-0.25, -0.2) is 17.7 Å². The molecule has 198 valence electrons. The molecule has 36 heavy (non-hydrogen) atoms. The number of likely N-dealkylation sites (N-methyl/N-ethyl adjacent to an activating group) is 1. The van der Waals surface area contributed by atoms with Crippen molar-refractivity contribution in [3.63, 3.8) is 0 Å². The molecule has 1 fully saturated rings. The lowest BCUT2D eigenvalue weighted by atomic mass is 9.90. The van der Waals surface area contributed by atoms with Crippen molar-refractivity contribution in [3.8, 4) is 5.75 Å². The van der Waals surface area contributed by atoms with Gasteiger partial charge in [0.2, 0.25) is 21.9 Å². The number of ether oxygens (including phenoxy) is 1. The Morgan fingerprint density at radius 3 is 2.53 bits per heavy atom. The fourth-order valence-electron chi connectivity index (χ4n) is 4.09. The third-order valence-electron chi connectivity index (χ3n) is 5.90. The summed E-state index contributed by atoms with van der Waals surface area (Å²) in [4.78, 5) is 19.2. The molecule has 1 aliphatic rings. The molecular formula is C22H29F3N6O4S. The third kappa shape index (κ3) is 6.75. The summed E-state index contributed by atoms with van der Waals surface area (Å²) in [6, 6.07) is 3.60. The Morgan fingerprint density at radius 2 is 1.92 bits per heavy atom. The number of carbonyl (C=O) groups is 1. The number of benzene rings is 1. The maximum Gasteiger partial charge on any atom is 0.421 e. The zero-order valence-corrected chi connectivity index (χ0v) is 21.1. The maximum absolute atomic E-state index is 13.8. The summed E-state index contributed by atoms with van der Waals surface area (Å²) in [6.07, 6.45) is -0.477. The SMILES string of the molecule is COc1cc(Nc2ncc(C(F)(F)F)c(N[C@@H]3CCCC[C@H]3N(C)S(C)(=O)=O)n2)ccc1NC(C)=O. The second-order valence-electron chi connectivity index (χ2n) is 8.56. The van der Waals surface area contributed by atoms with E-state index < -0.39 is 39.7 Å². The molecule has 1 saturated carbocycles. The molecule has 1 aromatic heterocycles. The number of hydrogen-bond donors (Lipinski definition) is 3. The number of methoxy groups -OCH3 is 1. The summed E-state index contributed by atoms with van der Waals surface area (Å²) < 4.78 is 71.9. The molecule has 0 saturated heterocycles. The standard InChI is InChI=1S/C22H29F3N6O4S/c1-13(32)27-17-10-9-14(11-19(17)35-3)28-21-26-12-15(22(23,24)25)20(30-21)29-16-7-5-6-8-18(16)31(2)36(4,33)34/h9-12,16,18H,5-8H2,1-4H3,(H,27,32)(H2,26,28,29,30)/t16-,18-/m1/s1. The minimum absolute atomic E-state index is 0.108. The van der Waals surface area contributed by atoms with Crippen LogP contribution in [0, 0.1) is 0 Å². The van der Waals surface area contributed by atoms with E-state index in [1.54, 1.807) is 12.1 Å². The van der Waals surface area contributed by atoms with Crippen molar-refractivity contribution in [2.45, 2.75) is 50.9 Å². The van der Waals surface area contributed by atoms with Crippen molar-refractivity contribution in [2.75, 3.05) is 36.4 Å². The van der Waals surface area contributed by atoms with Gasteiger partial charge in [-0.3, -0.25) is 4.79 Å². The van der Waals surface area contributed by atoms with Crippen LogP contribution in [-0.4, -0.2) is 61.1 Å². The van der Waals surface area contributed by atoms with Crippen LogP contribution >= 0.6 is 0 Å². The van der Waals surface area contributed by atoms with Crippen LogP contribution in [0.1, 0.15) is 38.2 Å². The van der Waals surface area contributed by atoms with Gasteiger partial charge in [0, 0.05) is 44.0 Å². The predicted octanol–water partition coefficient (Wildman–Crippen LogP) is 3.82. The smallest absolute Gasteiger partial charge is 0.421 e. The second kappa shape index (κ2) is 10.9. The summed E-state index contributed by atoms with van der Waals surface area (Å²) in [5, 5.41) is 8.31. The zero-order valence-electron chi connectivity index (χ0n) is 20.3. The first-order valence-electron chi connectivity index (χ1n) is 11.2. The molecule has 2 aromatic rings. The first kappa shape index (κ1) is 27.5. The van der Waals surface area contributed by atoms with Crippen LogP contribution in [-0.2, 0) is 21.0 Å². The molecule has 0 bridgehead atoms.